The van der Waals surface area contributed by atoms with Crippen LogP contribution in [0.1, 0.15) is 11.5 Å². The van der Waals surface area contributed by atoms with E-state index < -0.39 is 0 Å². The molecule has 2 amide bonds. The fraction of sp³-hybridized carbons (Fsp3) is 0.364. The van der Waals surface area contributed by atoms with E-state index in [0.717, 1.165) is 10.8 Å². The highest BCUT2D eigenvalue weighted by Crippen LogP contribution is 2.30. The Morgan fingerprint density at radius 1 is 1.22 bits per heavy atom. The largest absolute Gasteiger partial charge is 0.384 e. The Bertz CT molecular complexity index is 1460. The molecule has 1 N–H and O–H groups in total. The summed E-state index contributed by atoms with van der Waals surface area (Å²) in [5, 5.41) is 12.7. The number of aromatic nitrogens is 5. The number of urea groups is 1. The quantitative estimate of drug-likeness (QED) is 0.399. The second-order valence-electron chi connectivity index (χ2n) is 8.17. The number of carbonyl (C=O) groups excluding carboxylic acids is 1. The second kappa shape index (κ2) is 10.2. The molecule has 1 fully saturated rings. The molecule has 0 aliphatic carbocycles. The summed E-state index contributed by atoms with van der Waals surface area (Å²) in [4.78, 5) is 37.5. The molecule has 0 unspecified atom stereocenters. The summed E-state index contributed by atoms with van der Waals surface area (Å²) in [5.41, 5.74) is 1.51. The molecule has 5 rings (SSSR count). The standard InChI is InChI=1S/C22H23ClN8O4S/c1-13-11-18(32)26-21-31(13)27-22(36-21)30-8-6-29(7-9-30)20(33)24-16-4-3-14(23)12-15(16)19-25-17(28-35-19)5-10-34-2/h3-4,11-12H,5-10H2,1-2H3,(H,24,33). The minimum atomic E-state index is -0.280. The number of amides is 2. The number of anilines is 2. The number of fused-ring (bicyclic) bond motifs is 1. The molecule has 3 aromatic heterocycles. The maximum atomic E-state index is 13.1. The minimum Gasteiger partial charge on any atom is -0.384 e. The van der Waals surface area contributed by atoms with Crippen LogP contribution in [0, 0.1) is 6.92 Å². The van der Waals surface area contributed by atoms with Crippen LogP contribution in [0.25, 0.3) is 16.4 Å². The smallest absolute Gasteiger partial charge is 0.321 e. The number of halogens is 1. The fourth-order valence-corrected chi connectivity index (χ4v) is 5.00. The Hall–Kier alpha value is -3.55. The van der Waals surface area contributed by atoms with Gasteiger partial charge in [0.2, 0.25) is 10.1 Å². The first-order valence-electron chi connectivity index (χ1n) is 11.2. The van der Waals surface area contributed by atoms with Crippen LogP contribution in [0.5, 0.6) is 0 Å². The third-order valence-electron chi connectivity index (χ3n) is 5.71. The normalized spacial score (nSPS) is 14.0. The lowest BCUT2D eigenvalue weighted by atomic mass is 10.1. The van der Waals surface area contributed by atoms with Crippen molar-refractivity contribution >= 4 is 44.7 Å². The maximum absolute atomic E-state index is 13.1. The summed E-state index contributed by atoms with van der Waals surface area (Å²) in [7, 11) is 1.60. The van der Waals surface area contributed by atoms with Gasteiger partial charge in [-0.1, -0.05) is 28.1 Å². The number of piperazine rings is 1. The highest BCUT2D eigenvalue weighted by atomic mass is 35.5. The zero-order valence-corrected chi connectivity index (χ0v) is 21.2. The number of methoxy groups -OCH3 is 1. The number of hydrogen-bond donors (Lipinski definition) is 1. The minimum absolute atomic E-state index is 0.246. The number of nitrogens with zero attached hydrogens (tertiary/aromatic N) is 7. The number of rotatable bonds is 6. The van der Waals surface area contributed by atoms with E-state index in [4.69, 9.17) is 20.9 Å². The van der Waals surface area contributed by atoms with Crippen molar-refractivity contribution in [1.82, 2.24) is 29.6 Å². The Morgan fingerprint density at radius 2 is 2.03 bits per heavy atom. The molecule has 1 aromatic carbocycles. The molecule has 0 saturated carbocycles. The Morgan fingerprint density at radius 3 is 2.81 bits per heavy atom. The van der Waals surface area contributed by atoms with Crippen LogP contribution in [-0.2, 0) is 11.2 Å². The van der Waals surface area contributed by atoms with Gasteiger partial charge in [-0.05, 0) is 25.1 Å². The fourth-order valence-electron chi connectivity index (χ4n) is 3.82. The Kier molecular flexibility index (Phi) is 6.85. The highest BCUT2D eigenvalue weighted by molar-refractivity contribution is 7.20. The van der Waals surface area contributed by atoms with Crippen molar-refractivity contribution in [3.63, 3.8) is 0 Å². The number of benzene rings is 1. The summed E-state index contributed by atoms with van der Waals surface area (Å²) < 4.78 is 12.1. The van der Waals surface area contributed by atoms with Gasteiger partial charge in [0.1, 0.15) is 0 Å². The van der Waals surface area contributed by atoms with E-state index in [2.05, 4.69) is 30.4 Å². The monoisotopic (exact) mass is 530 g/mol. The third kappa shape index (κ3) is 5.03. The third-order valence-corrected chi connectivity index (χ3v) is 6.91. The molecule has 1 aliphatic rings. The molecule has 0 atom stereocenters. The van der Waals surface area contributed by atoms with Gasteiger partial charge in [-0.2, -0.15) is 9.97 Å². The number of hydrogen-bond acceptors (Lipinski definition) is 10. The van der Waals surface area contributed by atoms with Gasteiger partial charge in [-0.3, -0.25) is 4.79 Å². The molecule has 0 radical (unpaired) electrons. The summed E-state index contributed by atoms with van der Waals surface area (Å²) in [5.74, 6) is 0.771. The van der Waals surface area contributed by atoms with E-state index in [1.165, 1.54) is 17.4 Å². The number of aryl methyl sites for hydroxylation is 1. The average Bonchev–Trinajstić information content (AvgIpc) is 3.51. The first-order chi connectivity index (χ1) is 17.4. The van der Waals surface area contributed by atoms with Crippen molar-refractivity contribution in [2.45, 2.75) is 13.3 Å². The van der Waals surface area contributed by atoms with Gasteiger partial charge in [0, 0.05) is 56.5 Å². The Labute approximate surface area is 214 Å². The molecule has 36 heavy (non-hydrogen) atoms. The molecule has 4 aromatic rings. The topological polar surface area (TPSA) is 131 Å². The van der Waals surface area contributed by atoms with Crippen molar-refractivity contribution < 1.29 is 14.1 Å². The number of nitrogens with one attached hydrogen (secondary N) is 1. The molecular weight excluding hydrogens is 508 g/mol. The summed E-state index contributed by atoms with van der Waals surface area (Å²) in [6.07, 6.45) is 0.507. The van der Waals surface area contributed by atoms with Gasteiger partial charge in [0.05, 0.1) is 17.9 Å². The lowest BCUT2D eigenvalue weighted by molar-refractivity contribution is 0.199. The first kappa shape index (κ1) is 24.2. The van der Waals surface area contributed by atoms with E-state index in [-0.39, 0.29) is 17.5 Å². The zero-order valence-electron chi connectivity index (χ0n) is 19.6. The van der Waals surface area contributed by atoms with E-state index in [1.807, 2.05) is 6.92 Å². The van der Waals surface area contributed by atoms with E-state index in [9.17, 15) is 9.59 Å². The predicted octanol–water partition coefficient (Wildman–Crippen LogP) is 2.71. The highest BCUT2D eigenvalue weighted by Gasteiger charge is 2.25. The predicted molar refractivity (Wildman–Crippen MR) is 135 cm³/mol. The van der Waals surface area contributed by atoms with Crippen LogP contribution in [-0.4, -0.2) is 75.6 Å². The summed E-state index contributed by atoms with van der Waals surface area (Å²) >= 11 is 7.55. The van der Waals surface area contributed by atoms with Crippen LogP contribution in [0.15, 0.2) is 33.6 Å². The zero-order chi connectivity index (χ0) is 25.2. The van der Waals surface area contributed by atoms with Crippen LogP contribution in [0.4, 0.5) is 15.6 Å². The molecule has 14 heteroatoms. The molecule has 1 saturated heterocycles. The van der Waals surface area contributed by atoms with E-state index in [1.54, 1.807) is 34.7 Å². The molecule has 188 valence electrons. The van der Waals surface area contributed by atoms with E-state index >= 15 is 0 Å². The maximum Gasteiger partial charge on any atom is 0.321 e. The van der Waals surface area contributed by atoms with Gasteiger partial charge < -0.3 is 24.4 Å². The number of ether oxygens (including phenoxy) is 1. The molecule has 0 bridgehead atoms. The molecule has 12 nitrogen and oxygen atoms in total. The van der Waals surface area contributed by atoms with Crippen molar-refractivity contribution in [1.29, 1.82) is 0 Å². The van der Waals surface area contributed by atoms with Gasteiger partial charge in [-0.15, -0.1) is 5.10 Å². The first-order valence-corrected chi connectivity index (χ1v) is 12.4. The number of carbonyl (C=O) groups is 1. The van der Waals surface area contributed by atoms with Crippen LogP contribution in [0.3, 0.4) is 0 Å². The molecule has 0 spiro atoms. The second-order valence-corrected chi connectivity index (χ2v) is 9.54. The molecular formula is C22H23ClN8O4S. The van der Waals surface area contributed by atoms with Gasteiger partial charge in [-0.25, -0.2) is 9.31 Å². The van der Waals surface area contributed by atoms with Crippen LogP contribution < -0.4 is 15.8 Å². The van der Waals surface area contributed by atoms with Gasteiger partial charge >= 0.3 is 6.03 Å². The van der Waals surface area contributed by atoms with E-state index in [0.29, 0.717) is 66.3 Å². The Balaban J connectivity index is 1.26. The molecule has 1 aliphatic heterocycles. The van der Waals surface area contributed by atoms with Crippen molar-refractivity contribution in [2.75, 3.05) is 50.1 Å². The van der Waals surface area contributed by atoms with Crippen molar-refractivity contribution in [3.05, 3.63) is 51.2 Å². The lowest BCUT2D eigenvalue weighted by Gasteiger charge is -2.34. The van der Waals surface area contributed by atoms with Gasteiger partial charge in [0.25, 0.3) is 11.4 Å². The SMILES string of the molecule is COCCc1noc(-c2cc(Cl)ccc2NC(=O)N2CCN(c3nn4c(C)cc(=O)nc4s3)CC2)n1. The summed E-state index contributed by atoms with van der Waals surface area (Å²) in [6.45, 7) is 4.47. The van der Waals surface area contributed by atoms with Gasteiger partial charge in [0.15, 0.2) is 5.82 Å². The summed E-state index contributed by atoms with van der Waals surface area (Å²) in [6, 6.07) is 6.29. The average molecular weight is 531 g/mol. The lowest BCUT2D eigenvalue weighted by Crippen LogP contribution is -2.50. The van der Waals surface area contributed by atoms with Crippen molar-refractivity contribution in [3.8, 4) is 11.5 Å². The van der Waals surface area contributed by atoms with Crippen LogP contribution in [0.2, 0.25) is 5.02 Å². The van der Waals surface area contributed by atoms with Crippen molar-refractivity contribution in [2.24, 2.45) is 0 Å². The molecule has 4 heterocycles. The van der Waals surface area contributed by atoms with Crippen LogP contribution >= 0.6 is 22.9 Å².